The van der Waals surface area contributed by atoms with E-state index < -0.39 is 0 Å². The van der Waals surface area contributed by atoms with E-state index in [9.17, 15) is 4.79 Å². The third-order valence-electron chi connectivity index (χ3n) is 4.05. The first kappa shape index (κ1) is 13.6. The summed E-state index contributed by atoms with van der Waals surface area (Å²) in [5.74, 6) is 0.766. The van der Waals surface area contributed by atoms with E-state index in [0.717, 1.165) is 25.9 Å². The van der Waals surface area contributed by atoms with Crippen molar-refractivity contribution in [3.8, 4) is 0 Å². The van der Waals surface area contributed by atoms with Crippen LogP contribution in [0.15, 0.2) is 17.5 Å². The van der Waals surface area contributed by atoms with Gasteiger partial charge in [-0.1, -0.05) is 6.07 Å². The van der Waals surface area contributed by atoms with Crippen molar-refractivity contribution in [3.05, 3.63) is 22.4 Å². The molecule has 0 aliphatic heterocycles. The first-order chi connectivity index (χ1) is 8.69. The Morgan fingerprint density at radius 3 is 2.67 bits per heavy atom. The zero-order valence-corrected chi connectivity index (χ0v) is 12.0. The van der Waals surface area contributed by atoms with E-state index in [4.69, 9.17) is 5.73 Å². The van der Waals surface area contributed by atoms with E-state index >= 15 is 0 Å². The van der Waals surface area contributed by atoms with Crippen molar-refractivity contribution in [3.63, 3.8) is 0 Å². The van der Waals surface area contributed by atoms with Crippen LogP contribution in [0.4, 0.5) is 0 Å². The van der Waals surface area contributed by atoms with E-state index in [1.54, 1.807) is 11.3 Å². The topological polar surface area (TPSA) is 46.3 Å². The van der Waals surface area contributed by atoms with Gasteiger partial charge in [0.05, 0.1) is 0 Å². The highest BCUT2D eigenvalue weighted by Crippen LogP contribution is 2.43. The van der Waals surface area contributed by atoms with Crippen LogP contribution in [0.1, 0.15) is 37.6 Å². The molecule has 0 spiro atoms. The normalized spacial score (nSPS) is 24.4. The summed E-state index contributed by atoms with van der Waals surface area (Å²) in [6.45, 7) is 5.67. The molecule has 3 atom stereocenters. The standard InChI is InChI=1S/C14H22N2OS/c1-3-16(4-2)14(17)11-8-7-10(11)13(15)12-6-5-9-18-12/h5-6,9-11,13H,3-4,7-8,15H2,1-2H3/t10-,11-,13?/m1/s1. The molecule has 2 N–H and O–H groups in total. The molecule has 100 valence electrons. The lowest BCUT2D eigenvalue weighted by molar-refractivity contribution is -0.141. The summed E-state index contributed by atoms with van der Waals surface area (Å²) in [4.78, 5) is 15.5. The van der Waals surface area contributed by atoms with E-state index in [1.807, 2.05) is 24.8 Å². The number of thiophene rings is 1. The van der Waals surface area contributed by atoms with Gasteiger partial charge in [-0.2, -0.15) is 0 Å². The zero-order valence-electron chi connectivity index (χ0n) is 11.1. The van der Waals surface area contributed by atoms with Gasteiger partial charge >= 0.3 is 0 Å². The second kappa shape index (κ2) is 5.85. The van der Waals surface area contributed by atoms with Crippen molar-refractivity contribution < 1.29 is 4.79 Å². The molecule has 1 amide bonds. The van der Waals surface area contributed by atoms with Gasteiger partial charge in [0.2, 0.25) is 5.91 Å². The van der Waals surface area contributed by atoms with E-state index in [-0.39, 0.29) is 12.0 Å². The highest BCUT2D eigenvalue weighted by Gasteiger charge is 2.42. The quantitative estimate of drug-likeness (QED) is 0.890. The number of carbonyl (C=O) groups is 1. The Morgan fingerprint density at radius 1 is 1.50 bits per heavy atom. The zero-order chi connectivity index (χ0) is 13.1. The summed E-state index contributed by atoms with van der Waals surface area (Å²) in [7, 11) is 0. The minimum absolute atomic E-state index is 0.0308. The molecule has 1 aliphatic rings. The van der Waals surface area contributed by atoms with E-state index in [1.165, 1.54) is 4.88 Å². The van der Waals surface area contributed by atoms with E-state index in [2.05, 4.69) is 11.4 Å². The Hall–Kier alpha value is -0.870. The van der Waals surface area contributed by atoms with Crippen LogP contribution in [0.5, 0.6) is 0 Å². The molecule has 18 heavy (non-hydrogen) atoms. The highest BCUT2D eigenvalue weighted by atomic mass is 32.1. The van der Waals surface area contributed by atoms with Gasteiger partial charge in [-0.05, 0) is 44.1 Å². The molecule has 2 rings (SSSR count). The average molecular weight is 266 g/mol. The fourth-order valence-electron chi connectivity index (χ4n) is 2.72. The first-order valence-electron chi connectivity index (χ1n) is 6.76. The highest BCUT2D eigenvalue weighted by molar-refractivity contribution is 7.10. The molecule has 1 fully saturated rings. The lowest BCUT2D eigenvalue weighted by atomic mass is 9.69. The van der Waals surface area contributed by atoms with Gasteiger partial charge in [0, 0.05) is 29.9 Å². The lowest BCUT2D eigenvalue weighted by Gasteiger charge is -2.41. The molecule has 4 heteroatoms. The second-order valence-corrected chi connectivity index (χ2v) is 5.88. The monoisotopic (exact) mass is 266 g/mol. The molecule has 0 bridgehead atoms. The van der Waals surface area contributed by atoms with Crippen LogP contribution in [0, 0.1) is 11.8 Å². The van der Waals surface area contributed by atoms with Crippen molar-refractivity contribution in [2.75, 3.05) is 13.1 Å². The number of hydrogen-bond donors (Lipinski definition) is 1. The van der Waals surface area contributed by atoms with Crippen molar-refractivity contribution in [2.45, 2.75) is 32.7 Å². The minimum atomic E-state index is 0.0308. The van der Waals surface area contributed by atoms with Gasteiger partial charge in [0.25, 0.3) is 0 Å². The van der Waals surface area contributed by atoms with Crippen LogP contribution >= 0.6 is 11.3 Å². The Labute approximate surface area is 113 Å². The molecular weight excluding hydrogens is 244 g/mol. The summed E-state index contributed by atoms with van der Waals surface area (Å²) >= 11 is 1.69. The van der Waals surface area contributed by atoms with Crippen LogP contribution < -0.4 is 5.73 Å². The molecule has 3 nitrogen and oxygen atoms in total. The van der Waals surface area contributed by atoms with Gasteiger partial charge in [-0.3, -0.25) is 4.79 Å². The smallest absolute Gasteiger partial charge is 0.226 e. The lowest BCUT2D eigenvalue weighted by Crippen LogP contribution is -2.46. The Balaban J connectivity index is 2.02. The van der Waals surface area contributed by atoms with Crippen molar-refractivity contribution >= 4 is 17.2 Å². The minimum Gasteiger partial charge on any atom is -0.343 e. The summed E-state index contributed by atoms with van der Waals surface area (Å²) in [5, 5.41) is 2.05. The molecule has 1 aliphatic carbocycles. The van der Waals surface area contributed by atoms with Crippen molar-refractivity contribution in [1.82, 2.24) is 4.90 Å². The predicted molar refractivity (Wildman–Crippen MR) is 75.4 cm³/mol. The molecule has 1 aromatic rings. The first-order valence-corrected chi connectivity index (χ1v) is 7.64. The van der Waals surface area contributed by atoms with Crippen molar-refractivity contribution in [2.24, 2.45) is 17.6 Å². The number of rotatable bonds is 5. The summed E-state index contributed by atoms with van der Waals surface area (Å²) in [5.41, 5.74) is 6.30. The maximum atomic E-state index is 12.3. The molecular formula is C14H22N2OS. The molecule has 0 aromatic carbocycles. The Kier molecular flexibility index (Phi) is 4.40. The van der Waals surface area contributed by atoms with E-state index in [0.29, 0.717) is 11.8 Å². The van der Waals surface area contributed by atoms with Crippen LogP contribution in [0.2, 0.25) is 0 Å². The molecule has 1 heterocycles. The SMILES string of the molecule is CCN(CC)C(=O)[C@@H]1CC[C@H]1C(N)c1cccs1. The van der Waals surface area contributed by atoms with Gasteiger partial charge < -0.3 is 10.6 Å². The molecule has 0 radical (unpaired) electrons. The molecule has 1 saturated carbocycles. The van der Waals surface area contributed by atoms with Crippen molar-refractivity contribution in [1.29, 1.82) is 0 Å². The largest absolute Gasteiger partial charge is 0.343 e. The number of carbonyl (C=O) groups excluding carboxylic acids is 1. The van der Waals surface area contributed by atoms with Gasteiger partial charge in [-0.15, -0.1) is 11.3 Å². The number of nitrogens with two attached hydrogens (primary N) is 1. The Morgan fingerprint density at radius 2 is 2.22 bits per heavy atom. The maximum absolute atomic E-state index is 12.3. The Bertz CT molecular complexity index is 387. The van der Waals surface area contributed by atoms with Crippen LogP contribution in [-0.2, 0) is 4.79 Å². The fraction of sp³-hybridized carbons (Fsp3) is 0.643. The third kappa shape index (κ3) is 2.45. The average Bonchev–Trinajstić information content (AvgIpc) is 2.82. The predicted octanol–water partition coefficient (Wildman–Crippen LogP) is 2.64. The number of nitrogens with zero attached hydrogens (tertiary/aromatic N) is 1. The van der Waals surface area contributed by atoms with Crippen LogP contribution in [-0.4, -0.2) is 23.9 Å². The molecule has 0 saturated heterocycles. The van der Waals surface area contributed by atoms with Gasteiger partial charge in [-0.25, -0.2) is 0 Å². The van der Waals surface area contributed by atoms with Gasteiger partial charge in [0.15, 0.2) is 0 Å². The fourth-order valence-corrected chi connectivity index (χ4v) is 3.53. The number of hydrogen-bond acceptors (Lipinski definition) is 3. The second-order valence-electron chi connectivity index (χ2n) is 4.90. The van der Waals surface area contributed by atoms with Gasteiger partial charge in [0.1, 0.15) is 0 Å². The molecule has 1 aromatic heterocycles. The molecule has 1 unspecified atom stereocenters. The van der Waals surface area contributed by atoms with Crippen LogP contribution in [0.25, 0.3) is 0 Å². The van der Waals surface area contributed by atoms with Crippen LogP contribution in [0.3, 0.4) is 0 Å². The summed E-state index contributed by atoms with van der Waals surface area (Å²) in [6.07, 6.45) is 2.08. The third-order valence-corrected chi connectivity index (χ3v) is 5.03. The number of amides is 1. The summed E-state index contributed by atoms with van der Waals surface area (Å²) in [6, 6.07) is 4.13. The summed E-state index contributed by atoms with van der Waals surface area (Å²) < 4.78 is 0. The maximum Gasteiger partial charge on any atom is 0.226 e.